The normalized spacial score (nSPS) is 18.1. The number of nitrogens with two attached hydrogens (primary N) is 1. The van der Waals surface area contributed by atoms with E-state index >= 15 is 0 Å². The van der Waals surface area contributed by atoms with Gasteiger partial charge in [-0.05, 0) is 25.5 Å². The van der Waals surface area contributed by atoms with Gasteiger partial charge in [0.25, 0.3) is 5.91 Å². The summed E-state index contributed by atoms with van der Waals surface area (Å²) in [4.78, 5) is 27.1. The van der Waals surface area contributed by atoms with Gasteiger partial charge in [0.1, 0.15) is 5.56 Å². The minimum atomic E-state index is -0.653. The largest absolute Gasteiger partial charge is 0.480 e. The molecule has 2 rings (SSSR count). The van der Waals surface area contributed by atoms with Crippen LogP contribution in [0.25, 0.3) is 0 Å². The lowest BCUT2D eigenvalue weighted by Gasteiger charge is -2.12. The third-order valence-electron chi connectivity index (χ3n) is 2.95. The number of ether oxygens (including phenoxy) is 1. The monoisotopic (exact) mass is 264 g/mol. The first kappa shape index (κ1) is 13.3. The smallest absolute Gasteiger partial charge is 0.254 e. The van der Waals surface area contributed by atoms with Gasteiger partial charge in [-0.25, -0.2) is 4.98 Å². The molecule has 0 bridgehead atoms. The van der Waals surface area contributed by atoms with Gasteiger partial charge in [0.2, 0.25) is 11.8 Å². The van der Waals surface area contributed by atoms with Crippen LogP contribution in [0.5, 0.6) is 5.88 Å². The number of hydrogen-bond acceptors (Lipinski definition) is 5. The summed E-state index contributed by atoms with van der Waals surface area (Å²) in [7, 11) is 1.40. The zero-order chi connectivity index (χ0) is 13.8. The van der Waals surface area contributed by atoms with E-state index in [2.05, 4.69) is 15.6 Å². The van der Waals surface area contributed by atoms with Crippen molar-refractivity contribution in [2.24, 2.45) is 5.73 Å². The number of anilines is 1. The van der Waals surface area contributed by atoms with Crippen molar-refractivity contribution < 1.29 is 14.3 Å². The van der Waals surface area contributed by atoms with Gasteiger partial charge in [0.05, 0.1) is 25.0 Å². The zero-order valence-electron chi connectivity index (χ0n) is 10.6. The molecule has 2 amide bonds. The molecule has 0 radical (unpaired) electrons. The Morgan fingerprint density at radius 1 is 1.58 bits per heavy atom. The van der Waals surface area contributed by atoms with E-state index in [9.17, 15) is 9.59 Å². The highest BCUT2D eigenvalue weighted by atomic mass is 16.5. The van der Waals surface area contributed by atoms with Gasteiger partial charge in [-0.2, -0.15) is 0 Å². The molecule has 1 aliphatic heterocycles. The number of nitrogens with zero attached hydrogens (tertiary/aromatic N) is 1. The molecule has 1 aromatic heterocycles. The quantitative estimate of drug-likeness (QED) is 0.703. The highest BCUT2D eigenvalue weighted by Gasteiger charge is 2.22. The Hall–Kier alpha value is -2.15. The number of hydrogen-bond donors (Lipinski definition) is 3. The first-order valence-electron chi connectivity index (χ1n) is 6.00. The molecule has 7 heteroatoms. The number of nitrogens with one attached hydrogen (secondary N) is 2. The molecule has 1 aromatic rings. The second-order valence-electron chi connectivity index (χ2n) is 4.28. The lowest BCUT2D eigenvalue weighted by atomic mass is 10.2. The van der Waals surface area contributed by atoms with Gasteiger partial charge >= 0.3 is 0 Å². The third-order valence-corrected chi connectivity index (χ3v) is 2.95. The zero-order valence-corrected chi connectivity index (χ0v) is 10.6. The molecule has 1 atom stereocenters. The Morgan fingerprint density at radius 3 is 2.95 bits per heavy atom. The van der Waals surface area contributed by atoms with Crippen molar-refractivity contribution in [2.45, 2.75) is 18.9 Å². The fraction of sp³-hybridized carbons (Fsp3) is 0.417. The third kappa shape index (κ3) is 3.00. The maximum absolute atomic E-state index is 11.9. The van der Waals surface area contributed by atoms with Crippen molar-refractivity contribution in [3.8, 4) is 5.88 Å². The number of rotatable bonds is 4. The molecule has 4 N–H and O–H groups in total. The van der Waals surface area contributed by atoms with Gasteiger partial charge in [0, 0.05) is 0 Å². The summed E-state index contributed by atoms with van der Waals surface area (Å²) < 4.78 is 4.93. The van der Waals surface area contributed by atoms with Crippen LogP contribution in [0.15, 0.2) is 12.3 Å². The first-order valence-corrected chi connectivity index (χ1v) is 6.00. The average Bonchev–Trinajstić information content (AvgIpc) is 2.92. The maximum Gasteiger partial charge on any atom is 0.254 e. The Kier molecular flexibility index (Phi) is 3.96. The topological polar surface area (TPSA) is 106 Å². The molecule has 7 nitrogen and oxygen atoms in total. The molecule has 0 aromatic carbocycles. The average molecular weight is 264 g/mol. The number of primary amides is 1. The van der Waals surface area contributed by atoms with Crippen molar-refractivity contribution in [1.82, 2.24) is 10.3 Å². The summed E-state index contributed by atoms with van der Waals surface area (Å²) in [6, 6.07) is 1.26. The van der Waals surface area contributed by atoms with Crippen LogP contribution in [-0.2, 0) is 4.79 Å². The number of aromatic nitrogens is 1. The summed E-state index contributed by atoms with van der Waals surface area (Å²) >= 11 is 0. The minimum absolute atomic E-state index is 0.139. The maximum atomic E-state index is 11.9. The van der Waals surface area contributed by atoms with Crippen LogP contribution in [0.3, 0.4) is 0 Å². The van der Waals surface area contributed by atoms with Crippen LogP contribution in [0, 0.1) is 0 Å². The number of methoxy groups -OCH3 is 1. The predicted octanol–water partition coefficient (Wildman–Crippen LogP) is -0.120. The van der Waals surface area contributed by atoms with E-state index in [1.165, 1.54) is 19.4 Å². The van der Waals surface area contributed by atoms with Crippen molar-refractivity contribution >= 4 is 17.5 Å². The number of carbonyl (C=O) groups excluding carboxylic acids is 2. The van der Waals surface area contributed by atoms with Crippen molar-refractivity contribution in [1.29, 1.82) is 0 Å². The predicted molar refractivity (Wildman–Crippen MR) is 69.0 cm³/mol. The summed E-state index contributed by atoms with van der Waals surface area (Å²) in [5, 5.41) is 5.79. The lowest BCUT2D eigenvalue weighted by molar-refractivity contribution is -0.117. The Labute approximate surface area is 110 Å². The molecule has 1 fully saturated rings. The van der Waals surface area contributed by atoms with Gasteiger partial charge in [-0.3, -0.25) is 9.59 Å². The minimum Gasteiger partial charge on any atom is -0.480 e. The standard InChI is InChI=1S/C12H16N4O3/c1-19-12-8(10(13)17)5-7(6-15-12)16-11(18)9-3-2-4-14-9/h5-6,9,14H,2-4H2,1H3,(H2,13,17)(H,16,18). The molecule has 0 aliphatic carbocycles. The Bertz CT molecular complexity index is 498. The number of carbonyl (C=O) groups is 2. The molecule has 102 valence electrons. The van der Waals surface area contributed by atoms with Crippen LogP contribution in [0.4, 0.5) is 5.69 Å². The molecule has 19 heavy (non-hydrogen) atoms. The summed E-state index contributed by atoms with van der Waals surface area (Å²) in [5.74, 6) is -0.649. The van der Waals surface area contributed by atoms with Crippen LogP contribution in [0.2, 0.25) is 0 Å². The van der Waals surface area contributed by atoms with E-state index in [0.717, 1.165) is 19.4 Å². The van der Waals surface area contributed by atoms with Gasteiger partial charge in [-0.1, -0.05) is 0 Å². The van der Waals surface area contributed by atoms with Crippen LogP contribution in [-0.4, -0.2) is 36.5 Å². The van der Waals surface area contributed by atoms with Crippen LogP contribution in [0.1, 0.15) is 23.2 Å². The lowest BCUT2D eigenvalue weighted by Crippen LogP contribution is -2.35. The molecular formula is C12H16N4O3. The van der Waals surface area contributed by atoms with E-state index < -0.39 is 5.91 Å². The van der Waals surface area contributed by atoms with E-state index in [0.29, 0.717) is 5.69 Å². The van der Waals surface area contributed by atoms with Gasteiger partial charge in [-0.15, -0.1) is 0 Å². The molecular weight excluding hydrogens is 248 g/mol. The number of pyridine rings is 1. The van der Waals surface area contributed by atoms with Crippen LogP contribution >= 0.6 is 0 Å². The molecule has 1 unspecified atom stereocenters. The first-order chi connectivity index (χ1) is 9.11. The fourth-order valence-corrected chi connectivity index (χ4v) is 2.00. The number of amides is 2. The second-order valence-corrected chi connectivity index (χ2v) is 4.28. The fourth-order valence-electron chi connectivity index (χ4n) is 2.00. The molecule has 1 saturated heterocycles. The summed E-state index contributed by atoms with van der Waals surface area (Å²) in [5.41, 5.74) is 5.79. The van der Waals surface area contributed by atoms with Gasteiger partial charge < -0.3 is 21.1 Å². The summed E-state index contributed by atoms with van der Waals surface area (Å²) in [6.45, 7) is 0.839. The highest BCUT2D eigenvalue weighted by Crippen LogP contribution is 2.19. The van der Waals surface area contributed by atoms with E-state index in [4.69, 9.17) is 10.5 Å². The summed E-state index contributed by atoms with van der Waals surface area (Å²) in [6.07, 6.45) is 3.21. The SMILES string of the molecule is COc1ncc(NC(=O)C2CCCN2)cc1C(N)=O. The van der Waals surface area contributed by atoms with E-state index in [1.807, 2.05) is 0 Å². The second kappa shape index (κ2) is 5.66. The van der Waals surface area contributed by atoms with E-state index in [-0.39, 0.29) is 23.4 Å². The van der Waals surface area contributed by atoms with Gasteiger partial charge in [0.15, 0.2) is 0 Å². The molecule has 0 spiro atoms. The Morgan fingerprint density at radius 2 is 2.37 bits per heavy atom. The Balaban J connectivity index is 2.14. The molecule has 2 heterocycles. The van der Waals surface area contributed by atoms with Crippen molar-refractivity contribution in [3.63, 3.8) is 0 Å². The van der Waals surface area contributed by atoms with E-state index in [1.54, 1.807) is 0 Å². The highest BCUT2D eigenvalue weighted by molar-refractivity contribution is 5.99. The van der Waals surface area contributed by atoms with Crippen molar-refractivity contribution in [3.05, 3.63) is 17.8 Å². The van der Waals surface area contributed by atoms with Crippen molar-refractivity contribution in [2.75, 3.05) is 19.0 Å². The molecule has 1 aliphatic rings. The molecule has 0 saturated carbocycles. The van der Waals surface area contributed by atoms with Crippen LogP contribution < -0.4 is 21.1 Å².